The fraction of sp³-hybridized carbons (Fsp3) is 0.636. The first-order valence-corrected chi connectivity index (χ1v) is 7.03. The molecule has 0 spiro atoms. The minimum atomic E-state index is -4.47. The van der Waals surface area contributed by atoms with E-state index in [1.807, 2.05) is 11.8 Å². The highest BCUT2D eigenvalue weighted by Crippen LogP contribution is 2.30. The number of aromatic nitrogens is 2. The van der Waals surface area contributed by atoms with E-state index in [4.69, 9.17) is 0 Å². The molecule has 1 aromatic rings. The van der Waals surface area contributed by atoms with Gasteiger partial charge >= 0.3 is 6.18 Å². The van der Waals surface area contributed by atoms with Crippen LogP contribution in [-0.4, -0.2) is 34.6 Å². The van der Waals surface area contributed by atoms with Crippen molar-refractivity contribution in [2.45, 2.75) is 24.3 Å². The smallest absolute Gasteiger partial charge is 0.369 e. The lowest BCUT2D eigenvalue weighted by Gasteiger charge is -2.13. The standard InChI is InChI=1S/C11H15F3N4S/c1-15-10-17-8(11(12,13)14)5-9(18-10)16-6-7-3-2-4-19-7/h5,7H,2-4,6H2,1H3,(H2,15,16,17,18). The Labute approximate surface area is 113 Å². The number of thioether (sulfide) groups is 1. The van der Waals surface area contributed by atoms with Crippen LogP contribution < -0.4 is 10.6 Å². The predicted octanol–water partition coefficient (Wildman–Crippen LogP) is 2.84. The highest BCUT2D eigenvalue weighted by atomic mass is 32.2. The maximum absolute atomic E-state index is 12.7. The second-order valence-corrected chi connectivity index (χ2v) is 5.63. The van der Waals surface area contributed by atoms with Gasteiger partial charge in [-0.1, -0.05) is 0 Å². The number of nitrogens with zero attached hydrogens (tertiary/aromatic N) is 2. The quantitative estimate of drug-likeness (QED) is 0.893. The molecular formula is C11H15F3N4S. The molecule has 106 valence electrons. The van der Waals surface area contributed by atoms with E-state index >= 15 is 0 Å². The summed E-state index contributed by atoms with van der Waals surface area (Å²) in [6.45, 7) is 0.627. The van der Waals surface area contributed by atoms with E-state index in [1.54, 1.807) is 0 Å². The van der Waals surface area contributed by atoms with Gasteiger partial charge in [-0.15, -0.1) is 0 Å². The van der Waals surface area contributed by atoms with Gasteiger partial charge in [0.15, 0.2) is 5.69 Å². The molecule has 4 nitrogen and oxygen atoms in total. The van der Waals surface area contributed by atoms with Gasteiger partial charge in [0, 0.05) is 24.9 Å². The normalized spacial score (nSPS) is 19.5. The van der Waals surface area contributed by atoms with Gasteiger partial charge < -0.3 is 10.6 Å². The summed E-state index contributed by atoms with van der Waals surface area (Å²) in [5, 5.41) is 5.95. The molecule has 0 aromatic carbocycles. The first-order chi connectivity index (χ1) is 8.99. The summed E-state index contributed by atoms with van der Waals surface area (Å²) in [5.41, 5.74) is -0.937. The van der Waals surface area contributed by atoms with Crippen LogP contribution in [0.3, 0.4) is 0 Å². The molecule has 1 unspecified atom stereocenters. The molecule has 1 aromatic heterocycles. The molecule has 1 aliphatic rings. The van der Waals surface area contributed by atoms with Crippen LogP contribution in [0.5, 0.6) is 0 Å². The summed E-state index contributed by atoms with van der Waals surface area (Å²) in [7, 11) is 1.49. The molecule has 1 saturated heterocycles. The molecule has 0 aliphatic carbocycles. The highest BCUT2D eigenvalue weighted by molar-refractivity contribution is 8.00. The van der Waals surface area contributed by atoms with Gasteiger partial charge in [-0.25, -0.2) is 4.98 Å². The van der Waals surface area contributed by atoms with E-state index < -0.39 is 11.9 Å². The van der Waals surface area contributed by atoms with Gasteiger partial charge in [0.25, 0.3) is 0 Å². The van der Waals surface area contributed by atoms with Gasteiger partial charge in [0.05, 0.1) is 0 Å². The summed E-state index contributed by atoms with van der Waals surface area (Å²) < 4.78 is 38.0. The van der Waals surface area contributed by atoms with Crippen molar-refractivity contribution in [2.75, 3.05) is 30.0 Å². The largest absolute Gasteiger partial charge is 0.433 e. The molecule has 19 heavy (non-hydrogen) atoms. The van der Waals surface area contributed by atoms with Crippen LogP contribution in [0.4, 0.5) is 24.9 Å². The number of nitrogens with one attached hydrogen (secondary N) is 2. The van der Waals surface area contributed by atoms with E-state index in [-0.39, 0.29) is 11.8 Å². The summed E-state index contributed by atoms with van der Waals surface area (Å²) in [4.78, 5) is 7.39. The van der Waals surface area contributed by atoms with Gasteiger partial charge in [0.1, 0.15) is 5.82 Å². The Morgan fingerprint density at radius 2 is 2.21 bits per heavy atom. The Morgan fingerprint density at radius 3 is 2.79 bits per heavy atom. The molecule has 2 N–H and O–H groups in total. The lowest BCUT2D eigenvalue weighted by molar-refractivity contribution is -0.141. The van der Waals surface area contributed by atoms with Crippen molar-refractivity contribution < 1.29 is 13.2 Å². The Bertz CT molecular complexity index is 432. The van der Waals surface area contributed by atoms with Crippen LogP contribution in [0.15, 0.2) is 6.07 Å². The third kappa shape index (κ3) is 3.89. The van der Waals surface area contributed by atoms with Crippen LogP contribution in [0.2, 0.25) is 0 Å². The molecule has 8 heteroatoms. The summed E-state index contributed by atoms with van der Waals surface area (Å²) in [5.74, 6) is 1.29. The molecule has 0 amide bonds. The SMILES string of the molecule is CNc1nc(NCC2CCCS2)cc(C(F)(F)F)n1. The number of anilines is 2. The fourth-order valence-electron chi connectivity index (χ4n) is 1.82. The molecule has 1 fully saturated rings. The van der Waals surface area contributed by atoms with Crippen LogP contribution in [0.25, 0.3) is 0 Å². The van der Waals surface area contributed by atoms with E-state index in [1.165, 1.54) is 7.05 Å². The lowest BCUT2D eigenvalue weighted by atomic mass is 10.2. The first kappa shape index (κ1) is 14.2. The summed E-state index contributed by atoms with van der Waals surface area (Å²) >= 11 is 1.84. The van der Waals surface area contributed by atoms with Crippen molar-refractivity contribution in [3.05, 3.63) is 11.8 Å². The average molecular weight is 292 g/mol. The van der Waals surface area contributed by atoms with Crippen LogP contribution >= 0.6 is 11.8 Å². The molecule has 1 atom stereocenters. The van der Waals surface area contributed by atoms with Crippen molar-refractivity contribution in [3.63, 3.8) is 0 Å². The monoisotopic (exact) mass is 292 g/mol. The van der Waals surface area contributed by atoms with Gasteiger partial charge in [-0.2, -0.15) is 29.9 Å². The number of rotatable bonds is 4. The molecule has 2 heterocycles. The third-order valence-corrected chi connectivity index (χ3v) is 4.17. The Hall–Kier alpha value is -1.18. The number of halogens is 3. The van der Waals surface area contributed by atoms with Crippen molar-refractivity contribution in [2.24, 2.45) is 0 Å². The minimum absolute atomic E-state index is 0.0311. The molecular weight excluding hydrogens is 277 g/mol. The topological polar surface area (TPSA) is 49.8 Å². The lowest BCUT2D eigenvalue weighted by Crippen LogP contribution is -2.17. The Kier molecular flexibility index (Phi) is 4.38. The highest BCUT2D eigenvalue weighted by Gasteiger charge is 2.33. The van der Waals surface area contributed by atoms with Crippen LogP contribution in [0.1, 0.15) is 18.5 Å². The third-order valence-electron chi connectivity index (χ3n) is 2.78. The van der Waals surface area contributed by atoms with E-state index in [9.17, 15) is 13.2 Å². The average Bonchev–Trinajstić information content (AvgIpc) is 2.88. The number of alkyl halides is 3. The maximum atomic E-state index is 12.7. The van der Waals surface area contributed by atoms with Crippen molar-refractivity contribution in [3.8, 4) is 0 Å². The van der Waals surface area contributed by atoms with E-state index in [0.29, 0.717) is 11.8 Å². The van der Waals surface area contributed by atoms with Gasteiger partial charge in [-0.05, 0) is 18.6 Å². The predicted molar refractivity (Wildman–Crippen MR) is 70.6 cm³/mol. The fourth-order valence-corrected chi connectivity index (χ4v) is 3.02. The number of hydrogen-bond acceptors (Lipinski definition) is 5. The Morgan fingerprint density at radius 1 is 1.42 bits per heavy atom. The van der Waals surface area contributed by atoms with Gasteiger partial charge in [-0.3, -0.25) is 0 Å². The molecule has 0 bridgehead atoms. The first-order valence-electron chi connectivity index (χ1n) is 5.98. The van der Waals surface area contributed by atoms with Crippen molar-refractivity contribution in [1.29, 1.82) is 0 Å². The number of hydrogen-bond donors (Lipinski definition) is 2. The second kappa shape index (κ2) is 5.85. The zero-order valence-corrected chi connectivity index (χ0v) is 11.2. The van der Waals surface area contributed by atoms with Crippen LogP contribution in [-0.2, 0) is 6.18 Å². The molecule has 2 rings (SSSR count). The maximum Gasteiger partial charge on any atom is 0.433 e. The Balaban J connectivity index is 2.10. The van der Waals surface area contributed by atoms with Crippen LogP contribution in [0, 0.1) is 0 Å². The minimum Gasteiger partial charge on any atom is -0.369 e. The van der Waals surface area contributed by atoms with E-state index in [2.05, 4.69) is 20.6 Å². The summed E-state index contributed by atoms with van der Waals surface area (Å²) in [6, 6.07) is 0.945. The summed E-state index contributed by atoms with van der Waals surface area (Å²) in [6.07, 6.45) is -2.21. The second-order valence-electron chi connectivity index (χ2n) is 4.23. The molecule has 0 radical (unpaired) electrons. The zero-order chi connectivity index (χ0) is 13.9. The van der Waals surface area contributed by atoms with Gasteiger partial charge in [0.2, 0.25) is 5.95 Å². The molecule has 0 saturated carbocycles. The van der Waals surface area contributed by atoms with E-state index in [0.717, 1.165) is 24.7 Å². The molecule has 1 aliphatic heterocycles. The van der Waals surface area contributed by atoms with Crippen molar-refractivity contribution in [1.82, 2.24) is 9.97 Å². The zero-order valence-electron chi connectivity index (χ0n) is 10.4. The van der Waals surface area contributed by atoms with Crippen molar-refractivity contribution >= 4 is 23.5 Å².